The summed E-state index contributed by atoms with van der Waals surface area (Å²) in [6.45, 7) is 0. The van der Waals surface area contributed by atoms with Gasteiger partial charge in [0, 0.05) is 17.7 Å². The molecule has 0 spiro atoms. The molecule has 2 heterocycles. The smallest absolute Gasteiger partial charge is 0.224 e. The summed E-state index contributed by atoms with van der Waals surface area (Å²) in [6, 6.07) is 16.2. The quantitative estimate of drug-likeness (QED) is 0.776. The van der Waals surface area contributed by atoms with E-state index in [9.17, 15) is 4.79 Å². The summed E-state index contributed by atoms with van der Waals surface area (Å²) >= 11 is 0. The summed E-state index contributed by atoms with van der Waals surface area (Å²) in [6.07, 6.45) is 7.60. The second kappa shape index (κ2) is 6.65. The number of benzene rings is 1. The van der Waals surface area contributed by atoms with Crippen LogP contribution in [0.25, 0.3) is 5.82 Å². The van der Waals surface area contributed by atoms with Crippen molar-refractivity contribution in [3.05, 3.63) is 77.7 Å². The molecule has 0 aliphatic heterocycles. The van der Waals surface area contributed by atoms with E-state index in [0.717, 1.165) is 37.1 Å². The molecule has 0 unspecified atom stereocenters. The number of pyridine rings is 1. The fourth-order valence-corrected chi connectivity index (χ4v) is 4.22. The van der Waals surface area contributed by atoms with Gasteiger partial charge >= 0.3 is 0 Å². The lowest BCUT2D eigenvalue weighted by molar-refractivity contribution is -0.123. The summed E-state index contributed by atoms with van der Waals surface area (Å²) in [7, 11) is 0. The zero-order valence-corrected chi connectivity index (χ0v) is 15.1. The molecule has 27 heavy (non-hydrogen) atoms. The molecular weight excluding hydrogens is 336 g/mol. The molecule has 5 nitrogen and oxygen atoms in total. The first-order chi connectivity index (χ1) is 13.3. The van der Waals surface area contributed by atoms with Crippen LogP contribution in [0.4, 0.5) is 0 Å². The Labute approximate surface area is 158 Å². The Hall–Kier alpha value is -2.95. The average molecular weight is 358 g/mol. The molecule has 2 aliphatic rings. The van der Waals surface area contributed by atoms with Gasteiger partial charge in [0.2, 0.25) is 5.91 Å². The number of rotatable bonds is 4. The van der Waals surface area contributed by atoms with Gasteiger partial charge < -0.3 is 5.32 Å². The molecule has 5 rings (SSSR count). The first kappa shape index (κ1) is 16.2. The molecule has 0 saturated heterocycles. The number of nitrogens with one attached hydrogen (secondary N) is 1. The summed E-state index contributed by atoms with van der Waals surface area (Å²) in [5.74, 6) is 1.47. The van der Waals surface area contributed by atoms with Gasteiger partial charge in [-0.05, 0) is 49.3 Å². The summed E-state index contributed by atoms with van der Waals surface area (Å²) in [4.78, 5) is 17.2. The fourth-order valence-electron chi connectivity index (χ4n) is 4.22. The highest BCUT2D eigenvalue weighted by atomic mass is 16.2. The first-order valence-electron chi connectivity index (χ1n) is 9.65. The highest BCUT2D eigenvalue weighted by molar-refractivity contribution is 5.83. The van der Waals surface area contributed by atoms with Crippen molar-refractivity contribution in [3.8, 4) is 5.82 Å². The molecule has 0 radical (unpaired) electrons. The second-order valence-corrected chi connectivity index (χ2v) is 7.46. The molecule has 2 aliphatic carbocycles. The molecule has 1 saturated carbocycles. The van der Waals surface area contributed by atoms with E-state index in [2.05, 4.69) is 27.5 Å². The van der Waals surface area contributed by atoms with Crippen LogP contribution in [-0.4, -0.2) is 20.7 Å². The van der Waals surface area contributed by atoms with Gasteiger partial charge in [-0.2, -0.15) is 5.10 Å². The minimum absolute atomic E-state index is 0.0516. The maximum atomic E-state index is 12.8. The molecule has 1 fully saturated rings. The van der Waals surface area contributed by atoms with Crippen LogP contribution < -0.4 is 5.32 Å². The average Bonchev–Trinajstić information content (AvgIpc) is 3.41. The van der Waals surface area contributed by atoms with Crippen LogP contribution in [0.1, 0.15) is 48.0 Å². The zero-order valence-electron chi connectivity index (χ0n) is 15.1. The van der Waals surface area contributed by atoms with Crippen LogP contribution in [0, 0.1) is 5.92 Å². The van der Waals surface area contributed by atoms with E-state index in [0.29, 0.717) is 5.92 Å². The first-order valence-corrected chi connectivity index (χ1v) is 9.65. The van der Waals surface area contributed by atoms with Crippen molar-refractivity contribution in [2.45, 2.75) is 37.6 Å². The van der Waals surface area contributed by atoms with Gasteiger partial charge in [-0.3, -0.25) is 4.79 Å². The van der Waals surface area contributed by atoms with Gasteiger partial charge in [-0.25, -0.2) is 9.67 Å². The molecule has 2 aromatic heterocycles. The van der Waals surface area contributed by atoms with E-state index >= 15 is 0 Å². The van der Waals surface area contributed by atoms with E-state index in [1.54, 1.807) is 6.20 Å². The van der Waals surface area contributed by atoms with Gasteiger partial charge in [0.15, 0.2) is 5.82 Å². The van der Waals surface area contributed by atoms with Crippen LogP contribution in [-0.2, 0) is 11.2 Å². The third kappa shape index (κ3) is 3.03. The van der Waals surface area contributed by atoms with E-state index < -0.39 is 0 Å². The lowest BCUT2D eigenvalue weighted by atomic mass is 9.92. The summed E-state index contributed by atoms with van der Waals surface area (Å²) < 4.78 is 1.91. The number of carbonyl (C=O) groups excluding carboxylic acids is 1. The minimum atomic E-state index is 0.0516. The predicted molar refractivity (Wildman–Crippen MR) is 102 cm³/mol. The lowest BCUT2D eigenvalue weighted by Crippen LogP contribution is -2.32. The Balaban J connectivity index is 1.32. The van der Waals surface area contributed by atoms with Crippen molar-refractivity contribution in [1.29, 1.82) is 0 Å². The molecule has 1 aromatic carbocycles. The highest BCUT2D eigenvalue weighted by Gasteiger charge is 2.44. The SMILES string of the molecule is O=C(N[C@@H]1CCCc2c1cnn2-c1ccccn1)[C@@H]1C[C@H]1c1ccccc1. The van der Waals surface area contributed by atoms with Crippen LogP contribution in [0.2, 0.25) is 0 Å². The zero-order chi connectivity index (χ0) is 18.2. The van der Waals surface area contributed by atoms with Gasteiger partial charge in [-0.1, -0.05) is 36.4 Å². The van der Waals surface area contributed by atoms with Crippen molar-refractivity contribution in [1.82, 2.24) is 20.1 Å². The summed E-state index contributed by atoms with van der Waals surface area (Å²) in [5.41, 5.74) is 3.57. The molecule has 1 N–H and O–H groups in total. The number of carbonyl (C=O) groups is 1. The maximum absolute atomic E-state index is 12.8. The number of fused-ring (bicyclic) bond motifs is 1. The normalized spacial score (nSPS) is 23.5. The van der Waals surface area contributed by atoms with Crippen LogP contribution in [0.5, 0.6) is 0 Å². The Morgan fingerprint density at radius 3 is 2.78 bits per heavy atom. The van der Waals surface area contributed by atoms with Crippen molar-refractivity contribution >= 4 is 5.91 Å². The number of amides is 1. The van der Waals surface area contributed by atoms with Gasteiger partial charge in [-0.15, -0.1) is 0 Å². The topological polar surface area (TPSA) is 59.8 Å². The molecule has 3 atom stereocenters. The largest absolute Gasteiger partial charge is 0.349 e. The lowest BCUT2D eigenvalue weighted by Gasteiger charge is -2.24. The third-order valence-corrected chi connectivity index (χ3v) is 5.72. The van der Waals surface area contributed by atoms with Crippen molar-refractivity contribution < 1.29 is 4.79 Å². The van der Waals surface area contributed by atoms with Crippen LogP contribution in [0.3, 0.4) is 0 Å². The van der Waals surface area contributed by atoms with Gasteiger partial charge in [0.1, 0.15) is 0 Å². The maximum Gasteiger partial charge on any atom is 0.224 e. The van der Waals surface area contributed by atoms with E-state index in [1.807, 2.05) is 47.3 Å². The van der Waals surface area contributed by atoms with Gasteiger partial charge in [0.05, 0.1) is 17.9 Å². The molecule has 136 valence electrons. The standard InChI is InChI=1S/C22H22N4O/c27-22(17-13-16(17)15-7-2-1-3-8-15)25-19-9-6-10-20-18(19)14-24-26(20)21-11-4-5-12-23-21/h1-5,7-8,11-12,14,16-17,19H,6,9-10,13H2,(H,25,27)/t16-,17+,19+/m0/s1. The molecule has 1 amide bonds. The Kier molecular flexibility index (Phi) is 4.00. The predicted octanol–water partition coefficient (Wildman–Crippen LogP) is 3.56. The van der Waals surface area contributed by atoms with Crippen molar-refractivity contribution in [2.24, 2.45) is 5.92 Å². The molecule has 3 aromatic rings. The van der Waals surface area contributed by atoms with Crippen LogP contribution >= 0.6 is 0 Å². The van der Waals surface area contributed by atoms with Crippen LogP contribution in [0.15, 0.2) is 60.9 Å². The summed E-state index contributed by atoms with van der Waals surface area (Å²) in [5, 5.41) is 7.84. The van der Waals surface area contributed by atoms with Gasteiger partial charge in [0.25, 0.3) is 0 Å². The number of hydrogen-bond donors (Lipinski definition) is 1. The Morgan fingerprint density at radius 1 is 1.11 bits per heavy atom. The second-order valence-electron chi connectivity index (χ2n) is 7.46. The van der Waals surface area contributed by atoms with E-state index in [4.69, 9.17) is 0 Å². The highest BCUT2D eigenvalue weighted by Crippen LogP contribution is 2.48. The molecule has 0 bridgehead atoms. The van der Waals surface area contributed by atoms with E-state index in [1.165, 1.54) is 11.3 Å². The number of nitrogens with zero attached hydrogens (tertiary/aromatic N) is 3. The Morgan fingerprint density at radius 2 is 1.96 bits per heavy atom. The minimum Gasteiger partial charge on any atom is -0.349 e. The molecular formula is C22H22N4O. The monoisotopic (exact) mass is 358 g/mol. The third-order valence-electron chi connectivity index (χ3n) is 5.72. The Bertz CT molecular complexity index is 951. The number of aromatic nitrogens is 3. The number of hydrogen-bond acceptors (Lipinski definition) is 3. The molecule has 5 heteroatoms. The fraction of sp³-hybridized carbons (Fsp3) is 0.318. The van der Waals surface area contributed by atoms with E-state index in [-0.39, 0.29) is 17.9 Å². The van der Waals surface area contributed by atoms with Crippen molar-refractivity contribution in [2.75, 3.05) is 0 Å². The van der Waals surface area contributed by atoms with Crippen molar-refractivity contribution in [3.63, 3.8) is 0 Å².